The largest absolute Gasteiger partial charge is 0.325 e. The molecule has 4 heteroatoms. The maximum Gasteiger partial charge on any atom is 0.276 e. The van der Waals surface area contributed by atoms with Crippen molar-refractivity contribution in [2.75, 3.05) is 24.3 Å². The zero-order valence-electron chi connectivity index (χ0n) is 12.4. The number of aromatic nitrogens is 1. The molecular weight excluding hydrogens is 250 g/mol. The monoisotopic (exact) mass is 272 g/mol. The maximum absolute atomic E-state index is 12.0. The second-order valence-corrected chi connectivity index (χ2v) is 5.16. The second kappa shape index (κ2) is 6.37. The molecule has 0 spiro atoms. The molecule has 2 aromatic rings. The van der Waals surface area contributed by atoms with E-state index in [-0.39, 0.29) is 5.91 Å². The Balaban J connectivity index is 2.37. The van der Waals surface area contributed by atoms with Crippen LogP contribution in [0.25, 0.3) is 10.9 Å². The van der Waals surface area contributed by atoms with E-state index >= 15 is 0 Å². The first-order valence-electron chi connectivity index (χ1n) is 7.04. The fourth-order valence-corrected chi connectivity index (χ4v) is 2.11. The van der Waals surface area contributed by atoms with Crippen LogP contribution in [0.5, 0.6) is 0 Å². The van der Waals surface area contributed by atoms with Gasteiger partial charge in [-0.2, -0.15) is 0 Å². The fraction of sp³-hybridized carbons (Fsp3) is 0.375. The quantitative estimate of drug-likeness (QED) is 0.909. The number of nitrogens with one attached hydrogen (secondary N) is 2. The van der Waals surface area contributed by atoms with E-state index in [4.69, 9.17) is 0 Å². The molecule has 0 aliphatic carbocycles. The summed E-state index contributed by atoms with van der Waals surface area (Å²) >= 11 is 0. The lowest BCUT2D eigenvalue weighted by Crippen LogP contribution is -2.22. The van der Waals surface area contributed by atoms with E-state index in [1.165, 1.54) is 0 Å². The highest BCUT2D eigenvalue weighted by Crippen LogP contribution is 2.23. The Bertz CT molecular complexity index is 608. The first-order chi connectivity index (χ1) is 9.61. The average molecular weight is 272 g/mol. The Morgan fingerprint density at radius 3 is 2.75 bits per heavy atom. The molecule has 1 aromatic heterocycles. The normalized spacial score (nSPS) is 10.6. The highest BCUT2D eigenvalue weighted by molar-refractivity contribution is 6.00. The van der Waals surface area contributed by atoms with E-state index in [1.54, 1.807) is 0 Å². The average Bonchev–Trinajstić information content (AvgIpc) is 2.44. The molecule has 2 N–H and O–H groups in total. The summed E-state index contributed by atoms with van der Waals surface area (Å²) in [7, 11) is 3.95. The topological polar surface area (TPSA) is 46.5 Å². The number of para-hydroxylation sites is 1. The molecule has 1 amide bonds. The van der Waals surface area contributed by atoms with Crippen molar-refractivity contribution in [2.45, 2.75) is 26.2 Å². The van der Waals surface area contributed by atoms with Gasteiger partial charge in [-0.05, 0) is 18.6 Å². The number of carbonyl (C=O) groups excluding carboxylic acids is 1. The summed E-state index contributed by atoms with van der Waals surface area (Å²) in [6.07, 6.45) is 2.52. The first-order valence-corrected chi connectivity index (χ1v) is 7.04. The van der Waals surface area contributed by atoms with E-state index in [0.717, 1.165) is 35.2 Å². The number of H-pyrrole nitrogens is 1. The Morgan fingerprint density at radius 1 is 1.30 bits per heavy atom. The van der Waals surface area contributed by atoms with Crippen LogP contribution in [0.4, 0.5) is 11.5 Å². The number of anilines is 2. The predicted octanol–water partition coefficient (Wildman–Crippen LogP) is 2.85. The van der Waals surface area contributed by atoms with Crippen molar-refractivity contribution in [2.24, 2.45) is 0 Å². The van der Waals surface area contributed by atoms with Crippen LogP contribution in [0, 0.1) is 0 Å². The number of benzene rings is 1. The van der Waals surface area contributed by atoms with Crippen LogP contribution in [0.1, 0.15) is 26.2 Å². The summed E-state index contributed by atoms with van der Waals surface area (Å²) in [6.45, 7) is 2.09. The number of rotatable bonds is 5. The molecule has 0 aliphatic rings. The van der Waals surface area contributed by atoms with Crippen molar-refractivity contribution in [3.8, 4) is 0 Å². The van der Waals surface area contributed by atoms with Gasteiger partial charge in [-0.3, -0.25) is 9.69 Å². The molecule has 0 fully saturated rings. The van der Waals surface area contributed by atoms with Crippen molar-refractivity contribution < 1.29 is 9.78 Å². The minimum Gasteiger partial charge on any atom is -0.325 e. The van der Waals surface area contributed by atoms with Crippen molar-refractivity contribution in [1.82, 2.24) is 0 Å². The Hall–Kier alpha value is -2.10. The summed E-state index contributed by atoms with van der Waals surface area (Å²) in [5, 5.41) is 4.06. The molecule has 4 nitrogen and oxygen atoms in total. The van der Waals surface area contributed by atoms with E-state index < -0.39 is 0 Å². The Labute approximate surface area is 119 Å². The van der Waals surface area contributed by atoms with E-state index in [0.29, 0.717) is 6.42 Å². The van der Waals surface area contributed by atoms with Crippen molar-refractivity contribution in [1.29, 1.82) is 0 Å². The third kappa shape index (κ3) is 3.26. The van der Waals surface area contributed by atoms with E-state index in [2.05, 4.69) is 17.2 Å². The molecule has 0 radical (unpaired) electrons. The van der Waals surface area contributed by atoms with Gasteiger partial charge >= 0.3 is 0 Å². The lowest BCUT2D eigenvalue weighted by molar-refractivity contribution is -0.329. The molecule has 0 atom stereocenters. The summed E-state index contributed by atoms with van der Waals surface area (Å²) in [6, 6.07) is 9.98. The summed E-state index contributed by atoms with van der Waals surface area (Å²) < 4.78 is 0. The van der Waals surface area contributed by atoms with Gasteiger partial charge in [0, 0.05) is 11.8 Å². The minimum atomic E-state index is 0.0768. The van der Waals surface area contributed by atoms with Gasteiger partial charge in [0.1, 0.15) is 5.52 Å². The van der Waals surface area contributed by atoms with Gasteiger partial charge in [0.2, 0.25) is 5.91 Å². The highest BCUT2D eigenvalue weighted by Gasteiger charge is 2.13. The number of unbranched alkanes of at least 4 members (excludes halogenated alkanes) is 1. The zero-order valence-corrected chi connectivity index (χ0v) is 12.4. The van der Waals surface area contributed by atoms with Crippen LogP contribution in [0.2, 0.25) is 0 Å². The van der Waals surface area contributed by atoms with Crippen LogP contribution in [0.3, 0.4) is 0 Å². The predicted molar refractivity (Wildman–Crippen MR) is 83.0 cm³/mol. The molecule has 0 bridgehead atoms. The third-order valence-electron chi connectivity index (χ3n) is 3.27. The number of carbonyl (C=O) groups is 1. The van der Waals surface area contributed by atoms with Gasteiger partial charge in [0.25, 0.3) is 5.82 Å². The van der Waals surface area contributed by atoms with Gasteiger partial charge in [-0.25, -0.2) is 4.98 Å². The zero-order chi connectivity index (χ0) is 14.5. The fourth-order valence-electron chi connectivity index (χ4n) is 2.11. The molecule has 0 aliphatic heterocycles. The first kappa shape index (κ1) is 14.3. The van der Waals surface area contributed by atoms with Gasteiger partial charge < -0.3 is 5.32 Å². The number of amides is 1. The van der Waals surface area contributed by atoms with E-state index in [9.17, 15) is 4.79 Å². The van der Waals surface area contributed by atoms with Crippen LogP contribution in [-0.2, 0) is 4.79 Å². The Morgan fingerprint density at radius 2 is 2.05 bits per heavy atom. The van der Waals surface area contributed by atoms with Gasteiger partial charge in [0.05, 0.1) is 25.8 Å². The number of hydrogen-bond donors (Lipinski definition) is 1. The maximum atomic E-state index is 12.0. The SMILES string of the molecule is CCCCC(=O)Nc1cc(N(C)C)[nH+]c2ccccc12. The molecule has 0 saturated carbocycles. The molecule has 1 heterocycles. The highest BCUT2D eigenvalue weighted by atomic mass is 16.1. The molecule has 20 heavy (non-hydrogen) atoms. The molecule has 0 saturated heterocycles. The number of hydrogen-bond acceptors (Lipinski definition) is 2. The Kier molecular flexibility index (Phi) is 4.56. The second-order valence-electron chi connectivity index (χ2n) is 5.16. The smallest absolute Gasteiger partial charge is 0.276 e. The van der Waals surface area contributed by atoms with Crippen molar-refractivity contribution >= 4 is 28.3 Å². The third-order valence-corrected chi connectivity index (χ3v) is 3.27. The number of fused-ring (bicyclic) bond motifs is 1. The van der Waals surface area contributed by atoms with Crippen LogP contribution < -0.4 is 15.2 Å². The van der Waals surface area contributed by atoms with Gasteiger partial charge in [-0.15, -0.1) is 0 Å². The molecule has 106 valence electrons. The van der Waals surface area contributed by atoms with Gasteiger partial charge in [-0.1, -0.05) is 25.5 Å². The van der Waals surface area contributed by atoms with Gasteiger partial charge in [0.15, 0.2) is 0 Å². The number of aromatic amines is 1. The molecule has 2 rings (SSSR count). The van der Waals surface area contributed by atoms with Crippen LogP contribution >= 0.6 is 0 Å². The van der Waals surface area contributed by atoms with Crippen molar-refractivity contribution in [3.05, 3.63) is 30.3 Å². The summed E-state index contributed by atoms with van der Waals surface area (Å²) in [5.41, 5.74) is 1.88. The lowest BCUT2D eigenvalue weighted by atomic mass is 10.1. The molecule has 0 unspecified atom stereocenters. The minimum absolute atomic E-state index is 0.0768. The van der Waals surface area contributed by atoms with E-state index in [1.807, 2.05) is 49.3 Å². The van der Waals surface area contributed by atoms with Crippen LogP contribution in [0.15, 0.2) is 30.3 Å². The van der Waals surface area contributed by atoms with Crippen molar-refractivity contribution in [3.63, 3.8) is 0 Å². The summed E-state index contributed by atoms with van der Waals surface area (Å²) in [4.78, 5) is 17.3. The standard InChI is InChI=1S/C16H21N3O/c1-4-5-10-16(20)18-14-11-15(19(2)3)17-13-9-7-6-8-12(13)14/h6-9,11H,4-5,10H2,1-3H3,(H,17,18,20)/p+1. The number of nitrogens with zero attached hydrogens (tertiary/aromatic N) is 1. The summed E-state index contributed by atoms with van der Waals surface area (Å²) in [5.74, 6) is 1.04. The lowest BCUT2D eigenvalue weighted by Gasteiger charge is -2.11. The molecular formula is C16H22N3O+. The number of pyridine rings is 1. The molecule has 1 aromatic carbocycles. The van der Waals surface area contributed by atoms with Crippen LogP contribution in [-0.4, -0.2) is 20.0 Å².